The van der Waals surface area contributed by atoms with Crippen LogP contribution in [0.4, 0.5) is 4.39 Å². The first-order valence-electron chi connectivity index (χ1n) is 5.02. The third-order valence-electron chi connectivity index (χ3n) is 2.27. The highest BCUT2D eigenvalue weighted by molar-refractivity contribution is 7.88. The van der Waals surface area contributed by atoms with Gasteiger partial charge in [-0.25, -0.2) is 17.5 Å². The lowest BCUT2D eigenvalue weighted by Gasteiger charge is -2.08. The van der Waals surface area contributed by atoms with Gasteiger partial charge in [0, 0.05) is 12.1 Å². The van der Waals surface area contributed by atoms with Crippen molar-refractivity contribution in [3.05, 3.63) is 35.1 Å². The van der Waals surface area contributed by atoms with Gasteiger partial charge >= 0.3 is 0 Å². The molecule has 0 aromatic heterocycles. The van der Waals surface area contributed by atoms with Crippen molar-refractivity contribution >= 4 is 10.0 Å². The van der Waals surface area contributed by atoms with Gasteiger partial charge in [-0.15, -0.1) is 0 Å². The second-order valence-corrected chi connectivity index (χ2v) is 5.93. The van der Waals surface area contributed by atoms with Crippen LogP contribution in [-0.2, 0) is 16.6 Å². The predicted molar refractivity (Wildman–Crippen MR) is 62.2 cm³/mol. The van der Waals surface area contributed by atoms with E-state index in [1.54, 1.807) is 6.07 Å². The largest absolute Gasteiger partial charge is 0.213 e. The predicted octanol–water partition coefficient (Wildman–Crippen LogP) is 2.00. The first-order valence-corrected chi connectivity index (χ1v) is 6.91. The molecule has 3 nitrogen and oxygen atoms in total. The van der Waals surface area contributed by atoms with Gasteiger partial charge in [-0.3, -0.25) is 0 Å². The molecule has 0 aliphatic carbocycles. The normalized spacial score (nSPS) is 12.1. The average molecular weight is 245 g/mol. The Balaban J connectivity index is 2.84. The Bertz CT molecular complexity index is 469. The minimum atomic E-state index is -3.28. The second-order valence-electron chi connectivity index (χ2n) is 4.10. The summed E-state index contributed by atoms with van der Waals surface area (Å²) >= 11 is 0. The highest BCUT2D eigenvalue weighted by Crippen LogP contribution is 2.17. The van der Waals surface area contributed by atoms with Crippen molar-refractivity contribution in [2.75, 3.05) is 6.26 Å². The van der Waals surface area contributed by atoms with Crippen molar-refractivity contribution in [3.8, 4) is 0 Å². The van der Waals surface area contributed by atoms with Crippen LogP contribution in [0.2, 0.25) is 0 Å². The molecule has 0 aliphatic heterocycles. The molecular weight excluding hydrogens is 229 g/mol. The molecule has 0 saturated carbocycles. The molecule has 1 N–H and O–H groups in total. The number of halogens is 1. The Hall–Kier alpha value is -0.940. The van der Waals surface area contributed by atoms with Crippen molar-refractivity contribution in [1.29, 1.82) is 0 Å². The van der Waals surface area contributed by atoms with Gasteiger partial charge < -0.3 is 0 Å². The third kappa shape index (κ3) is 3.90. The van der Waals surface area contributed by atoms with Crippen LogP contribution in [0, 0.1) is 5.82 Å². The van der Waals surface area contributed by atoms with Crippen LogP contribution < -0.4 is 4.72 Å². The molecule has 0 amide bonds. The second kappa shape index (κ2) is 4.93. The zero-order valence-electron chi connectivity index (χ0n) is 9.62. The molecule has 0 fully saturated rings. The zero-order chi connectivity index (χ0) is 12.3. The summed E-state index contributed by atoms with van der Waals surface area (Å²) in [5.41, 5.74) is 1.26. The molecule has 16 heavy (non-hydrogen) atoms. The van der Waals surface area contributed by atoms with E-state index in [1.807, 2.05) is 19.9 Å². The fraction of sp³-hybridized carbons (Fsp3) is 0.455. The maximum atomic E-state index is 13.6. The monoisotopic (exact) mass is 245 g/mol. The van der Waals surface area contributed by atoms with E-state index in [2.05, 4.69) is 4.72 Å². The number of hydrogen-bond acceptors (Lipinski definition) is 2. The summed E-state index contributed by atoms with van der Waals surface area (Å²) in [6.07, 6.45) is 1.05. The number of hydrogen-bond donors (Lipinski definition) is 1. The molecule has 0 saturated heterocycles. The summed E-state index contributed by atoms with van der Waals surface area (Å²) in [5, 5.41) is 0. The Morgan fingerprint density at radius 1 is 1.38 bits per heavy atom. The Morgan fingerprint density at radius 3 is 2.44 bits per heavy atom. The van der Waals surface area contributed by atoms with Gasteiger partial charge in [0.05, 0.1) is 6.26 Å². The Labute approximate surface area is 95.7 Å². The van der Waals surface area contributed by atoms with Crippen LogP contribution in [-0.4, -0.2) is 14.7 Å². The van der Waals surface area contributed by atoms with E-state index in [0.717, 1.165) is 11.8 Å². The van der Waals surface area contributed by atoms with E-state index in [-0.39, 0.29) is 18.3 Å². The van der Waals surface area contributed by atoms with Gasteiger partial charge in [-0.1, -0.05) is 26.0 Å². The van der Waals surface area contributed by atoms with Gasteiger partial charge in [-0.2, -0.15) is 0 Å². The van der Waals surface area contributed by atoms with Gasteiger partial charge in [0.25, 0.3) is 0 Å². The van der Waals surface area contributed by atoms with E-state index in [9.17, 15) is 12.8 Å². The molecule has 0 heterocycles. The molecule has 90 valence electrons. The SMILES string of the molecule is CC(C)c1ccc(CNS(C)(=O)=O)c(F)c1. The number of rotatable bonds is 4. The molecular formula is C11H16FNO2S. The number of benzene rings is 1. The summed E-state index contributed by atoms with van der Waals surface area (Å²) < 4.78 is 37.5. The number of sulfonamides is 1. The van der Waals surface area contributed by atoms with Crippen LogP contribution >= 0.6 is 0 Å². The van der Waals surface area contributed by atoms with Crippen molar-refractivity contribution in [2.45, 2.75) is 26.3 Å². The Kier molecular flexibility index (Phi) is 4.04. The standard InChI is InChI=1S/C11H16FNO2S/c1-8(2)9-4-5-10(11(12)6-9)7-13-16(3,14)15/h4-6,8,13H,7H2,1-3H3. The van der Waals surface area contributed by atoms with E-state index >= 15 is 0 Å². The smallest absolute Gasteiger partial charge is 0.209 e. The van der Waals surface area contributed by atoms with Crippen molar-refractivity contribution < 1.29 is 12.8 Å². The summed E-state index contributed by atoms with van der Waals surface area (Å²) in [7, 11) is -3.28. The summed E-state index contributed by atoms with van der Waals surface area (Å²) in [5.74, 6) is -0.117. The van der Waals surface area contributed by atoms with E-state index < -0.39 is 10.0 Å². The minimum Gasteiger partial charge on any atom is -0.213 e. The highest BCUT2D eigenvalue weighted by Gasteiger charge is 2.08. The quantitative estimate of drug-likeness (QED) is 0.882. The minimum absolute atomic E-state index is 0.0109. The van der Waals surface area contributed by atoms with Crippen LogP contribution in [0.15, 0.2) is 18.2 Å². The molecule has 1 aromatic rings. The first kappa shape index (κ1) is 13.1. The van der Waals surface area contributed by atoms with Gasteiger partial charge in [0.15, 0.2) is 0 Å². The lowest BCUT2D eigenvalue weighted by atomic mass is 10.0. The van der Waals surface area contributed by atoms with Crippen LogP contribution in [0.3, 0.4) is 0 Å². The summed E-state index contributed by atoms with van der Waals surface area (Å²) in [4.78, 5) is 0. The lowest BCUT2D eigenvalue weighted by Crippen LogP contribution is -2.21. The van der Waals surface area contributed by atoms with Crippen LogP contribution in [0.25, 0.3) is 0 Å². The topological polar surface area (TPSA) is 46.2 Å². The third-order valence-corrected chi connectivity index (χ3v) is 2.94. The van der Waals surface area contributed by atoms with Crippen LogP contribution in [0.5, 0.6) is 0 Å². The van der Waals surface area contributed by atoms with Crippen molar-refractivity contribution in [3.63, 3.8) is 0 Å². The molecule has 0 aliphatic rings. The molecule has 0 bridgehead atoms. The molecule has 0 atom stereocenters. The van der Waals surface area contributed by atoms with Gasteiger partial charge in [0.1, 0.15) is 5.82 Å². The maximum absolute atomic E-state index is 13.6. The average Bonchev–Trinajstić information content (AvgIpc) is 2.14. The molecule has 5 heteroatoms. The first-order chi connectivity index (χ1) is 7.29. The highest BCUT2D eigenvalue weighted by atomic mass is 32.2. The molecule has 1 aromatic carbocycles. The molecule has 0 spiro atoms. The fourth-order valence-corrected chi connectivity index (χ4v) is 1.69. The molecule has 0 unspecified atom stereocenters. The van der Waals surface area contributed by atoms with E-state index in [0.29, 0.717) is 5.56 Å². The van der Waals surface area contributed by atoms with Crippen LogP contribution in [0.1, 0.15) is 30.9 Å². The molecule has 1 rings (SSSR count). The number of nitrogens with one attached hydrogen (secondary N) is 1. The van der Waals surface area contributed by atoms with Crippen molar-refractivity contribution in [2.24, 2.45) is 0 Å². The lowest BCUT2D eigenvalue weighted by molar-refractivity contribution is 0.578. The molecule has 0 radical (unpaired) electrons. The van der Waals surface area contributed by atoms with Gasteiger partial charge in [-0.05, 0) is 17.5 Å². The summed E-state index contributed by atoms with van der Waals surface area (Å²) in [6.45, 7) is 3.94. The van der Waals surface area contributed by atoms with E-state index in [4.69, 9.17) is 0 Å². The zero-order valence-corrected chi connectivity index (χ0v) is 10.4. The van der Waals surface area contributed by atoms with Crippen molar-refractivity contribution in [1.82, 2.24) is 4.72 Å². The van der Waals surface area contributed by atoms with E-state index in [1.165, 1.54) is 6.07 Å². The fourth-order valence-electron chi connectivity index (χ4n) is 1.27. The summed E-state index contributed by atoms with van der Waals surface area (Å²) in [6, 6.07) is 4.87. The maximum Gasteiger partial charge on any atom is 0.209 e. The Morgan fingerprint density at radius 2 is 2.00 bits per heavy atom. The van der Waals surface area contributed by atoms with Gasteiger partial charge in [0.2, 0.25) is 10.0 Å².